The van der Waals surface area contributed by atoms with Gasteiger partial charge in [-0.3, -0.25) is 0 Å². The molecule has 0 fully saturated rings. The van der Waals surface area contributed by atoms with Gasteiger partial charge in [-0.05, 0) is 42.5 Å². The van der Waals surface area contributed by atoms with Crippen molar-refractivity contribution in [3.63, 3.8) is 0 Å². The molecule has 0 amide bonds. The summed E-state index contributed by atoms with van der Waals surface area (Å²) in [6.45, 7) is 0.365. The van der Waals surface area contributed by atoms with Crippen molar-refractivity contribution in [1.82, 2.24) is 0 Å². The van der Waals surface area contributed by atoms with Crippen molar-refractivity contribution >= 4 is 21.9 Å². The fourth-order valence-corrected chi connectivity index (χ4v) is 2.00. The maximum Gasteiger partial charge on any atom is 0.335 e. The number of methoxy groups -OCH3 is 1. The first kappa shape index (κ1) is 14.4. The number of carboxylic acids is 1. The zero-order valence-corrected chi connectivity index (χ0v) is 12.4. The van der Waals surface area contributed by atoms with Gasteiger partial charge >= 0.3 is 5.97 Å². The highest BCUT2D eigenvalue weighted by atomic mass is 79.9. The van der Waals surface area contributed by atoms with Crippen molar-refractivity contribution in [2.75, 3.05) is 7.11 Å². The quantitative estimate of drug-likeness (QED) is 0.903. The Balaban J connectivity index is 2.06. The monoisotopic (exact) mass is 336 g/mol. The first-order chi connectivity index (χ1) is 9.60. The van der Waals surface area contributed by atoms with E-state index in [1.54, 1.807) is 19.2 Å². The number of carbonyl (C=O) groups is 1. The molecule has 0 saturated carbocycles. The molecule has 20 heavy (non-hydrogen) atoms. The Bertz CT molecular complexity index is 608. The second-order valence-corrected chi connectivity index (χ2v) is 4.93. The van der Waals surface area contributed by atoms with Gasteiger partial charge in [0.15, 0.2) is 0 Å². The molecular weight excluding hydrogens is 324 g/mol. The fraction of sp³-hybridized carbons (Fsp3) is 0.133. The molecule has 0 radical (unpaired) electrons. The van der Waals surface area contributed by atoms with Crippen molar-refractivity contribution in [2.24, 2.45) is 0 Å². The lowest BCUT2D eigenvalue weighted by molar-refractivity contribution is 0.0697. The summed E-state index contributed by atoms with van der Waals surface area (Å²) in [5.74, 6) is 0.421. The molecule has 5 heteroatoms. The first-order valence-electron chi connectivity index (χ1n) is 5.88. The van der Waals surface area contributed by atoms with E-state index in [4.69, 9.17) is 14.6 Å². The summed E-state index contributed by atoms with van der Waals surface area (Å²) in [6.07, 6.45) is 0. The highest BCUT2D eigenvalue weighted by Crippen LogP contribution is 2.24. The zero-order chi connectivity index (χ0) is 14.5. The van der Waals surface area contributed by atoms with Gasteiger partial charge in [0.1, 0.15) is 18.1 Å². The van der Waals surface area contributed by atoms with Crippen LogP contribution < -0.4 is 9.47 Å². The molecule has 2 aromatic carbocycles. The van der Waals surface area contributed by atoms with Crippen LogP contribution in [0.25, 0.3) is 0 Å². The minimum absolute atomic E-state index is 0.236. The van der Waals surface area contributed by atoms with Gasteiger partial charge in [-0.1, -0.05) is 15.9 Å². The molecule has 0 aliphatic rings. The molecule has 2 rings (SSSR count). The smallest absolute Gasteiger partial charge is 0.335 e. The van der Waals surface area contributed by atoms with Gasteiger partial charge in [0, 0.05) is 10.0 Å². The Morgan fingerprint density at radius 1 is 1.15 bits per heavy atom. The molecule has 0 atom stereocenters. The number of benzene rings is 2. The predicted molar refractivity (Wildman–Crippen MR) is 78.4 cm³/mol. The number of rotatable bonds is 5. The van der Waals surface area contributed by atoms with Gasteiger partial charge in [0.25, 0.3) is 0 Å². The Hall–Kier alpha value is -2.01. The van der Waals surface area contributed by atoms with Crippen LogP contribution in [-0.4, -0.2) is 18.2 Å². The summed E-state index contributed by atoms with van der Waals surface area (Å²) in [4.78, 5) is 10.7. The number of carboxylic acid groups (broad SMARTS) is 1. The molecular formula is C15H13BrO4. The largest absolute Gasteiger partial charge is 0.497 e. The molecule has 4 nitrogen and oxygen atoms in total. The average molecular weight is 337 g/mol. The van der Waals surface area contributed by atoms with Crippen LogP contribution in [0.15, 0.2) is 46.9 Å². The topological polar surface area (TPSA) is 55.8 Å². The summed E-state index contributed by atoms with van der Waals surface area (Å²) in [6, 6.07) is 11.9. The van der Waals surface area contributed by atoms with E-state index in [1.165, 1.54) is 12.1 Å². The van der Waals surface area contributed by atoms with Crippen molar-refractivity contribution in [1.29, 1.82) is 0 Å². The van der Waals surface area contributed by atoms with Gasteiger partial charge in [0.05, 0.1) is 12.7 Å². The highest BCUT2D eigenvalue weighted by molar-refractivity contribution is 9.10. The third-order valence-electron chi connectivity index (χ3n) is 2.75. The molecule has 2 aromatic rings. The van der Waals surface area contributed by atoms with Gasteiger partial charge in [-0.25, -0.2) is 4.79 Å². The Labute approximate surface area is 125 Å². The molecule has 104 valence electrons. The van der Waals surface area contributed by atoms with Crippen molar-refractivity contribution in [3.8, 4) is 11.5 Å². The van der Waals surface area contributed by atoms with Crippen LogP contribution in [0.5, 0.6) is 11.5 Å². The van der Waals surface area contributed by atoms with Crippen LogP contribution in [0.4, 0.5) is 0 Å². The van der Waals surface area contributed by atoms with E-state index < -0.39 is 5.97 Å². The minimum atomic E-state index is -0.952. The van der Waals surface area contributed by atoms with Gasteiger partial charge in [0.2, 0.25) is 0 Å². The maximum absolute atomic E-state index is 10.7. The third kappa shape index (κ3) is 3.51. The number of hydrogen-bond donors (Lipinski definition) is 1. The highest BCUT2D eigenvalue weighted by Gasteiger charge is 2.05. The van der Waals surface area contributed by atoms with E-state index in [-0.39, 0.29) is 5.56 Å². The number of ether oxygens (including phenoxy) is 2. The number of halogens is 1. The van der Waals surface area contributed by atoms with Crippen LogP contribution in [-0.2, 0) is 6.61 Å². The van der Waals surface area contributed by atoms with Crippen molar-refractivity contribution in [3.05, 3.63) is 58.1 Å². The molecule has 0 bridgehead atoms. The summed E-state index contributed by atoms with van der Waals surface area (Å²) in [7, 11) is 1.61. The lowest BCUT2D eigenvalue weighted by Gasteiger charge is -2.09. The van der Waals surface area contributed by atoms with Gasteiger partial charge in [-0.2, -0.15) is 0 Å². The molecule has 0 aliphatic heterocycles. The minimum Gasteiger partial charge on any atom is -0.497 e. The molecule has 1 N–H and O–H groups in total. The first-order valence-corrected chi connectivity index (χ1v) is 6.68. The summed E-state index contributed by atoms with van der Waals surface area (Å²) >= 11 is 3.45. The van der Waals surface area contributed by atoms with Crippen LogP contribution in [0.3, 0.4) is 0 Å². The van der Waals surface area contributed by atoms with E-state index in [0.29, 0.717) is 12.4 Å². The molecule has 0 spiro atoms. The Kier molecular flexibility index (Phi) is 4.63. The Morgan fingerprint density at radius 3 is 2.40 bits per heavy atom. The second kappa shape index (κ2) is 6.43. The van der Waals surface area contributed by atoms with Gasteiger partial charge < -0.3 is 14.6 Å². The van der Waals surface area contributed by atoms with E-state index in [0.717, 1.165) is 15.8 Å². The van der Waals surface area contributed by atoms with Crippen LogP contribution in [0.1, 0.15) is 15.9 Å². The van der Waals surface area contributed by atoms with E-state index in [1.807, 2.05) is 18.2 Å². The Morgan fingerprint density at radius 2 is 1.80 bits per heavy atom. The summed E-state index contributed by atoms with van der Waals surface area (Å²) in [5, 5.41) is 8.82. The molecule has 0 saturated heterocycles. The summed E-state index contributed by atoms with van der Waals surface area (Å²) in [5.41, 5.74) is 1.19. The zero-order valence-electron chi connectivity index (χ0n) is 10.8. The van der Waals surface area contributed by atoms with E-state index >= 15 is 0 Å². The normalized spacial score (nSPS) is 10.1. The second-order valence-electron chi connectivity index (χ2n) is 4.08. The molecule has 0 unspecified atom stereocenters. The van der Waals surface area contributed by atoms with Gasteiger partial charge in [-0.15, -0.1) is 0 Å². The standard InChI is InChI=1S/C15H13BrO4/c1-19-13-6-7-14(16)11(8-13)9-20-12-4-2-10(3-5-12)15(17)18/h2-8H,9H2,1H3,(H,17,18). The lowest BCUT2D eigenvalue weighted by Crippen LogP contribution is -1.99. The predicted octanol–water partition coefficient (Wildman–Crippen LogP) is 3.73. The average Bonchev–Trinajstić information content (AvgIpc) is 2.47. The molecule has 0 heterocycles. The SMILES string of the molecule is COc1ccc(Br)c(COc2ccc(C(=O)O)cc2)c1. The lowest BCUT2D eigenvalue weighted by atomic mass is 10.2. The molecule has 0 aromatic heterocycles. The fourth-order valence-electron chi connectivity index (χ4n) is 1.64. The van der Waals surface area contributed by atoms with E-state index in [9.17, 15) is 4.79 Å². The van der Waals surface area contributed by atoms with Crippen LogP contribution in [0.2, 0.25) is 0 Å². The number of hydrogen-bond acceptors (Lipinski definition) is 3. The molecule has 0 aliphatic carbocycles. The van der Waals surface area contributed by atoms with Crippen LogP contribution >= 0.6 is 15.9 Å². The maximum atomic E-state index is 10.7. The third-order valence-corrected chi connectivity index (χ3v) is 3.52. The summed E-state index contributed by atoms with van der Waals surface area (Å²) < 4.78 is 11.7. The van der Waals surface area contributed by atoms with Crippen molar-refractivity contribution < 1.29 is 19.4 Å². The van der Waals surface area contributed by atoms with Crippen LogP contribution in [0, 0.1) is 0 Å². The number of aromatic carboxylic acids is 1. The van der Waals surface area contributed by atoms with Crippen molar-refractivity contribution in [2.45, 2.75) is 6.61 Å². The van der Waals surface area contributed by atoms with E-state index in [2.05, 4.69) is 15.9 Å².